The molecular formula is C20H14F5N3O. The third-order valence-corrected chi connectivity index (χ3v) is 4.88. The summed E-state index contributed by atoms with van der Waals surface area (Å²) in [6.07, 6.45) is -4.07. The Morgan fingerprint density at radius 2 is 1.79 bits per heavy atom. The number of carbonyl (C=O) groups excluding carboxylic acids is 1. The van der Waals surface area contributed by atoms with Crippen LogP contribution in [0, 0.1) is 11.6 Å². The molecule has 2 aromatic carbocycles. The number of benzene rings is 2. The van der Waals surface area contributed by atoms with Crippen LogP contribution in [0.1, 0.15) is 30.0 Å². The van der Waals surface area contributed by atoms with Crippen molar-refractivity contribution in [2.24, 2.45) is 4.99 Å². The number of allylic oxidation sites excluding steroid dienone is 1. The number of nitrogens with zero attached hydrogens (tertiary/aromatic N) is 2. The summed E-state index contributed by atoms with van der Waals surface area (Å²) < 4.78 is 66.4. The lowest BCUT2D eigenvalue weighted by molar-refractivity contribution is -0.137. The van der Waals surface area contributed by atoms with Gasteiger partial charge in [0, 0.05) is 22.9 Å². The molecule has 2 aliphatic heterocycles. The van der Waals surface area contributed by atoms with Crippen LogP contribution in [0.2, 0.25) is 0 Å². The van der Waals surface area contributed by atoms with Gasteiger partial charge in [-0.25, -0.2) is 18.6 Å². The number of carbonyl (C=O) groups is 1. The molecule has 0 bridgehead atoms. The van der Waals surface area contributed by atoms with Crippen molar-refractivity contribution < 1.29 is 26.7 Å². The molecule has 2 heterocycles. The SMILES string of the molecule is CCC1=C(c2ccc(F)cc2F)C2C(c3ccc(C(F)(F)F)cc3)=NC(=O)N2N1. The molecule has 150 valence electrons. The fourth-order valence-corrected chi connectivity index (χ4v) is 3.54. The smallest absolute Gasteiger partial charge is 0.297 e. The molecule has 0 radical (unpaired) electrons. The van der Waals surface area contributed by atoms with Crippen LogP contribution in [-0.4, -0.2) is 22.8 Å². The highest BCUT2D eigenvalue weighted by Gasteiger charge is 2.45. The van der Waals surface area contributed by atoms with Gasteiger partial charge < -0.3 is 0 Å². The van der Waals surface area contributed by atoms with E-state index >= 15 is 0 Å². The lowest BCUT2D eigenvalue weighted by Crippen LogP contribution is -2.40. The standard InChI is InChI=1S/C20H14F5N3O/c1-2-15-16(13-8-7-12(21)9-14(13)22)18-17(26-19(29)28(18)27-15)10-3-5-11(6-4-10)20(23,24)25/h3-9,18,27H,2H2,1H3. The zero-order chi connectivity index (χ0) is 20.9. The van der Waals surface area contributed by atoms with E-state index < -0.39 is 35.4 Å². The Labute approximate surface area is 162 Å². The number of halogens is 5. The van der Waals surface area contributed by atoms with Gasteiger partial charge in [-0.05, 0) is 36.2 Å². The van der Waals surface area contributed by atoms with Gasteiger partial charge in [-0.2, -0.15) is 18.2 Å². The molecular weight excluding hydrogens is 393 g/mol. The van der Waals surface area contributed by atoms with Gasteiger partial charge in [-0.15, -0.1) is 0 Å². The molecule has 2 amide bonds. The van der Waals surface area contributed by atoms with Crippen LogP contribution < -0.4 is 5.43 Å². The Hall–Kier alpha value is -3.23. The van der Waals surface area contributed by atoms with Crippen molar-refractivity contribution >= 4 is 17.3 Å². The monoisotopic (exact) mass is 407 g/mol. The second-order valence-electron chi connectivity index (χ2n) is 6.61. The van der Waals surface area contributed by atoms with Crippen LogP contribution >= 0.6 is 0 Å². The Morgan fingerprint density at radius 3 is 2.38 bits per heavy atom. The minimum absolute atomic E-state index is 0.0950. The predicted molar refractivity (Wildman–Crippen MR) is 95.7 cm³/mol. The molecule has 1 unspecified atom stereocenters. The van der Waals surface area contributed by atoms with E-state index in [1.807, 2.05) is 0 Å². The minimum Gasteiger partial charge on any atom is -0.297 e. The average Bonchev–Trinajstić information content (AvgIpc) is 3.19. The molecule has 1 N–H and O–H groups in total. The van der Waals surface area contributed by atoms with E-state index in [0.29, 0.717) is 23.3 Å². The highest BCUT2D eigenvalue weighted by atomic mass is 19.4. The molecule has 29 heavy (non-hydrogen) atoms. The number of hydrazine groups is 1. The van der Waals surface area contributed by atoms with Gasteiger partial charge in [0.05, 0.1) is 11.3 Å². The van der Waals surface area contributed by atoms with Crippen LogP contribution in [0.25, 0.3) is 5.57 Å². The van der Waals surface area contributed by atoms with E-state index in [1.165, 1.54) is 23.2 Å². The molecule has 0 fully saturated rings. The summed E-state index contributed by atoms with van der Waals surface area (Å²) in [5, 5.41) is 1.20. The van der Waals surface area contributed by atoms with Crippen molar-refractivity contribution in [2.45, 2.75) is 25.6 Å². The number of aliphatic imine (C=N–C) groups is 1. The number of urea groups is 1. The number of alkyl halides is 3. The Kier molecular flexibility index (Phi) is 4.40. The number of rotatable bonds is 3. The summed E-state index contributed by atoms with van der Waals surface area (Å²) in [7, 11) is 0. The van der Waals surface area contributed by atoms with Gasteiger partial charge >= 0.3 is 12.2 Å². The summed E-state index contributed by atoms with van der Waals surface area (Å²) >= 11 is 0. The molecule has 1 atom stereocenters. The van der Waals surface area contributed by atoms with Crippen LogP contribution in [-0.2, 0) is 6.18 Å². The van der Waals surface area contributed by atoms with Gasteiger partial charge in [0.1, 0.15) is 17.7 Å². The molecule has 2 aromatic rings. The van der Waals surface area contributed by atoms with E-state index in [4.69, 9.17) is 0 Å². The number of hydrogen-bond acceptors (Lipinski definition) is 2. The van der Waals surface area contributed by atoms with Crippen LogP contribution in [0.15, 0.2) is 53.2 Å². The minimum atomic E-state index is -4.50. The molecule has 0 spiro atoms. The van der Waals surface area contributed by atoms with E-state index in [9.17, 15) is 26.7 Å². The predicted octanol–water partition coefficient (Wildman–Crippen LogP) is 4.92. The number of hydrogen-bond donors (Lipinski definition) is 1. The molecule has 2 aliphatic rings. The highest BCUT2D eigenvalue weighted by Crippen LogP contribution is 2.38. The van der Waals surface area contributed by atoms with E-state index in [1.54, 1.807) is 6.92 Å². The number of amides is 2. The Bertz CT molecular complexity index is 1060. The summed E-state index contributed by atoms with van der Waals surface area (Å²) in [5.74, 6) is -1.55. The van der Waals surface area contributed by atoms with Crippen molar-refractivity contribution in [3.05, 3.63) is 76.5 Å². The second-order valence-corrected chi connectivity index (χ2v) is 6.61. The molecule has 0 aliphatic carbocycles. The van der Waals surface area contributed by atoms with E-state index in [0.717, 1.165) is 24.3 Å². The Morgan fingerprint density at radius 1 is 1.10 bits per heavy atom. The maximum Gasteiger partial charge on any atom is 0.416 e. The van der Waals surface area contributed by atoms with Crippen LogP contribution in [0.4, 0.5) is 26.7 Å². The number of nitrogens with one attached hydrogen (secondary N) is 1. The van der Waals surface area contributed by atoms with Crippen molar-refractivity contribution in [3.63, 3.8) is 0 Å². The van der Waals surface area contributed by atoms with Gasteiger partial charge in [-0.3, -0.25) is 5.43 Å². The molecule has 9 heteroatoms. The van der Waals surface area contributed by atoms with Crippen LogP contribution in [0.3, 0.4) is 0 Å². The van der Waals surface area contributed by atoms with Gasteiger partial charge in [-0.1, -0.05) is 19.1 Å². The number of fused-ring (bicyclic) bond motifs is 1. The van der Waals surface area contributed by atoms with Crippen molar-refractivity contribution in [2.75, 3.05) is 0 Å². The molecule has 0 saturated carbocycles. The van der Waals surface area contributed by atoms with Gasteiger partial charge in [0.2, 0.25) is 0 Å². The van der Waals surface area contributed by atoms with Crippen molar-refractivity contribution in [3.8, 4) is 0 Å². The third-order valence-electron chi connectivity index (χ3n) is 4.88. The topological polar surface area (TPSA) is 44.7 Å². The fourth-order valence-electron chi connectivity index (χ4n) is 3.54. The largest absolute Gasteiger partial charge is 0.416 e. The fraction of sp³-hybridized carbons (Fsp3) is 0.200. The summed E-state index contributed by atoms with van der Waals surface area (Å²) in [6.45, 7) is 1.80. The van der Waals surface area contributed by atoms with Crippen molar-refractivity contribution in [1.82, 2.24) is 10.4 Å². The quantitative estimate of drug-likeness (QED) is 0.735. The second kappa shape index (κ2) is 6.68. The zero-order valence-corrected chi connectivity index (χ0v) is 15.0. The first-order valence-electron chi connectivity index (χ1n) is 8.75. The third kappa shape index (κ3) is 3.16. The normalized spacial score (nSPS) is 18.8. The zero-order valence-electron chi connectivity index (χ0n) is 15.0. The summed E-state index contributed by atoms with van der Waals surface area (Å²) in [5.41, 5.74) is 3.59. The lowest BCUT2D eigenvalue weighted by Gasteiger charge is -2.20. The van der Waals surface area contributed by atoms with Crippen molar-refractivity contribution in [1.29, 1.82) is 0 Å². The van der Waals surface area contributed by atoms with E-state index in [2.05, 4.69) is 10.4 Å². The van der Waals surface area contributed by atoms with Gasteiger partial charge in [0.25, 0.3) is 0 Å². The average molecular weight is 407 g/mol. The molecule has 4 rings (SSSR count). The first kappa shape index (κ1) is 19.1. The van der Waals surface area contributed by atoms with Crippen LogP contribution in [0.5, 0.6) is 0 Å². The maximum absolute atomic E-state index is 14.5. The highest BCUT2D eigenvalue weighted by molar-refractivity contribution is 6.20. The maximum atomic E-state index is 14.5. The first-order valence-corrected chi connectivity index (χ1v) is 8.75. The first-order chi connectivity index (χ1) is 13.7. The van der Waals surface area contributed by atoms with Gasteiger partial charge in [0.15, 0.2) is 0 Å². The molecule has 4 nitrogen and oxygen atoms in total. The summed E-state index contributed by atoms with van der Waals surface area (Å²) in [6, 6.07) is 5.88. The summed E-state index contributed by atoms with van der Waals surface area (Å²) in [4.78, 5) is 16.3. The Balaban J connectivity index is 1.80. The lowest BCUT2D eigenvalue weighted by atomic mass is 9.90. The van der Waals surface area contributed by atoms with E-state index in [-0.39, 0.29) is 11.3 Å². The molecule has 0 saturated heterocycles. The molecule has 0 aromatic heterocycles.